The second kappa shape index (κ2) is 8.71. The van der Waals surface area contributed by atoms with E-state index in [0.717, 1.165) is 22.0 Å². The van der Waals surface area contributed by atoms with E-state index in [2.05, 4.69) is 15.8 Å². The summed E-state index contributed by atoms with van der Waals surface area (Å²) in [7, 11) is 3.16. The Balaban J connectivity index is 1.59. The molecule has 0 saturated heterocycles. The highest BCUT2D eigenvalue weighted by Crippen LogP contribution is 2.23. The summed E-state index contributed by atoms with van der Waals surface area (Å²) >= 11 is 0. The van der Waals surface area contributed by atoms with Crippen molar-refractivity contribution in [1.82, 2.24) is 5.43 Å². The van der Waals surface area contributed by atoms with Crippen LogP contribution < -0.4 is 20.2 Å². The molecule has 0 unspecified atom stereocenters. The lowest BCUT2D eigenvalue weighted by atomic mass is 10.1. The number of fused-ring (bicyclic) bond motifs is 1. The van der Waals surface area contributed by atoms with Gasteiger partial charge < -0.3 is 14.8 Å². The molecule has 0 atom stereocenters. The van der Waals surface area contributed by atoms with Crippen LogP contribution in [-0.2, 0) is 4.79 Å². The second-order valence-electron chi connectivity index (χ2n) is 5.78. The van der Waals surface area contributed by atoms with Crippen molar-refractivity contribution in [3.63, 3.8) is 0 Å². The van der Waals surface area contributed by atoms with Crippen LogP contribution in [0.5, 0.6) is 11.5 Å². The topological polar surface area (TPSA) is 72.0 Å². The highest BCUT2D eigenvalue weighted by Gasteiger charge is 2.05. The Labute approximate surface area is 157 Å². The number of amides is 1. The van der Waals surface area contributed by atoms with Crippen LogP contribution in [0.15, 0.2) is 65.8 Å². The smallest absolute Gasteiger partial charge is 0.259 e. The average molecular weight is 363 g/mol. The van der Waals surface area contributed by atoms with Crippen LogP contribution in [0.2, 0.25) is 0 Å². The van der Waals surface area contributed by atoms with Gasteiger partial charge in [0.1, 0.15) is 11.5 Å². The molecule has 0 aromatic heterocycles. The van der Waals surface area contributed by atoms with E-state index in [-0.39, 0.29) is 12.5 Å². The Bertz CT molecular complexity index is 965. The number of benzene rings is 3. The Morgan fingerprint density at radius 2 is 1.85 bits per heavy atom. The molecule has 0 spiro atoms. The van der Waals surface area contributed by atoms with Crippen molar-refractivity contribution in [2.75, 3.05) is 26.1 Å². The molecule has 3 rings (SSSR count). The van der Waals surface area contributed by atoms with Gasteiger partial charge in [-0.15, -0.1) is 0 Å². The number of hydrogen-bond acceptors (Lipinski definition) is 5. The van der Waals surface area contributed by atoms with Crippen LogP contribution in [0, 0.1) is 0 Å². The number of hydrogen-bond donors (Lipinski definition) is 2. The van der Waals surface area contributed by atoms with Crippen molar-refractivity contribution in [2.24, 2.45) is 5.10 Å². The molecular weight excluding hydrogens is 342 g/mol. The molecule has 138 valence electrons. The van der Waals surface area contributed by atoms with Crippen molar-refractivity contribution < 1.29 is 14.3 Å². The van der Waals surface area contributed by atoms with E-state index >= 15 is 0 Å². The van der Waals surface area contributed by atoms with Gasteiger partial charge in [0.2, 0.25) is 0 Å². The van der Waals surface area contributed by atoms with Crippen LogP contribution in [-0.4, -0.2) is 32.9 Å². The predicted molar refractivity (Wildman–Crippen MR) is 108 cm³/mol. The zero-order chi connectivity index (χ0) is 19.1. The number of carbonyl (C=O) groups excluding carboxylic acids is 1. The third kappa shape index (κ3) is 4.55. The van der Waals surface area contributed by atoms with Crippen LogP contribution in [0.4, 0.5) is 5.69 Å². The van der Waals surface area contributed by atoms with Crippen molar-refractivity contribution in [2.45, 2.75) is 0 Å². The Hall–Kier alpha value is -3.54. The van der Waals surface area contributed by atoms with Gasteiger partial charge in [0.05, 0.1) is 27.0 Å². The van der Waals surface area contributed by atoms with Gasteiger partial charge in [-0.05, 0) is 23.6 Å². The largest absolute Gasteiger partial charge is 0.497 e. The summed E-state index contributed by atoms with van der Waals surface area (Å²) in [6.45, 7) is 0.116. The summed E-state index contributed by atoms with van der Waals surface area (Å²) in [5.41, 5.74) is 4.15. The van der Waals surface area contributed by atoms with Gasteiger partial charge >= 0.3 is 0 Å². The molecular formula is C21H21N3O3. The molecule has 0 radical (unpaired) electrons. The number of rotatable bonds is 7. The molecule has 27 heavy (non-hydrogen) atoms. The first-order valence-corrected chi connectivity index (χ1v) is 8.47. The summed E-state index contributed by atoms with van der Waals surface area (Å²) in [6.07, 6.45) is 1.54. The van der Waals surface area contributed by atoms with Gasteiger partial charge in [0.15, 0.2) is 0 Å². The molecule has 6 heteroatoms. The highest BCUT2D eigenvalue weighted by atomic mass is 16.5. The Morgan fingerprint density at radius 1 is 1.04 bits per heavy atom. The Morgan fingerprint density at radius 3 is 2.67 bits per heavy atom. The number of nitrogens with one attached hydrogen (secondary N) is 2. The minimum Gasteiger partial charge on any atom is -0.497 e. The van der Waals surface area contributed by atoms with E-state index in [1.165, 1.54) is 6.21 Å². The maximum Gasteiger partial charge on any atom is 0.259 e. The fourth-order valence-electron chi connectivity index (χ4n) is 2.69. The standard InChI is InChI=1S/C21H21N3O3/c1-26-17-11-10-16(20(12-17)27-2)13-23-24-21(25)14-22-19-9-5-7-15-6-3-4-8-18(15)19/h3-13,22H,14H2,1-2H3,(H,24,25). The minimum atomic E-state index is -0.244. The van der Waals surface area contributed by atoms with E-state index in [4.69, 9.17) is 9.47 Å². The molecule has 6 nitrogen and oxygen atoms in total. The van der Waals surface area contributed by atoms with Gasteiger partial charge in [-0.25, -0.2) is 5.43 Å². The Kier molecular flexibility index (Phi) is 5.89. The number of anilines is 1. The van der Waals surface area contributed by atoms with E-state index in [1.54, 1.807) is 26.4 Å². The molecule has 1 amide bonds. The first kappa shape index (κ1) is 18.3. The van der Waals surface area contributed by atoms with Gasteiger partial charge in [0, 0.05) is 22.7 Å². The SMILES string of the molecule is COc1ccc(C=NNC(=O)CNc2cccc3ccccc23)c(OC)c1. The van der Waals surface area contributed by atoms with E-state index in [0.29, 0.717) is 11.5 Å². The van der Waals surface area contributed by atoms with Crippen LogP contribution >= 0.6 is 0 Å². The summed E-state index contributed by atoms with van der Waals surface area (Å²) in [5, 5.41) is 9.33. The number of hydrazone groups is 1. The predicted octanol–water partition coefficient (Wildman–Crippen LogP) is 3.42. The molecule has 0 bridgehead atoms. The van der Waals surface area contributed by atoms with Crippen molar-refractivity contribution >= 4 is 28.6 Å². The van der Waals surface area contributed by atoms with Crippen molar-refractivity contribution in [3.8, 4) is 11.5 Å². The quantitative estimate of drug-likeness (QED) is 0.498. The van der Waals surface area contributed by atoms with Crippen LogP contribution in [0.25, 0.3) is 10.8 Å². The van der Waals surface area contributed by atoms with E-state index in [1.807, 2.05) is 48.5 Å². The lowest BCUT2D eigenvalue weighted by Crippen LogP contribution is -2.25. The number of nitrogens with zero attached hydrogens (tertiary/aromatic N) is 1. The third-order valence-corrected chi connectivity index (χ3v) is 4.06. The molecule has 2 N–H and O–H groups in total. The lowest BCUT2D eigenvalue weighted by Gasteiger charge is -2.09. The molecule has 0 heterocycles. The van der Waals surface area contributed by atoms with E-state index in [9.17, 15) is 4.79 Å². The van der Waals surface area contributed by atoms with Gasteiger partial charge in [0.25, 0.3) is 5.91 Å². The molecule has 0 saturated carbocycles. The molecule has 0 aliphatic rings. The summed E-state index contributed by atoms with van der Waals surface area (Å²) in [6, 6.07) is 19.3. The monoisotopic (exact) mass is 363 g/mol. The maximum absolute atomic E-state index is 12.1. The van der Waals surface area contributed by atoms with Crippen molar-refractivity contribution in [3.05, 3.63) is 66.2 Å². The van der Waals surface area contributed by atoms with E-state index < -0.39 is 0 Å². The molecule has 0 aliphatic heterocycles. The van der Waals surface area contributed by atoms with Gasteiger partial charge in [-0.2, -0.15) is 5.10 Å². The molecule has 3 aromatic rings. The van der Waals surface area contributed by atoms with Crippen LogP contribution in [0.1, 0.15) is 5.56 Å². The molecule has 3 aromatic carbocycles. The molecule has 0 fully saturated rings. The zero-order valence-electron chi connectivity index (χ0n) is 15.2. The van der Waals surface area contributed by atoms with Crippen LogP contribution in [0.3, 0.4) is 0 Å². The number of ether oxygens (including phenoxy) is 2. The average Bonchev–Trinajstić information content (AvgIpc) is 2.72. The summed E-state index contributed by atoms with van der Waals surface area (Å²) < 4.78 is 10.5. The lowest BCUT2D eigenvalue weighted by molar-refractivity contribution is -0.119. The normalized spacial score (nSPS) is 10.7. The first-order valence-electron chi connectivity index (χ1n) is 8.47. The molecule has 0 aliphatic carbocycles. The summed E-state index contributed by atoms with van der Waals surface area (Å²) in [5.74, 6) is 1.06. The number of methoxy groups -OCH3 is 2. The zero-order valence-corrected chi connectivity index (χ0v) is 15.2. The first-order chi connectivity index (χ1) is 13.2. The minimum absolute atomic E-state index is 0.116. The number of carbonyl (C=O) groups is 1. The van der Waals surface area contributed by atoms with Gasteiger partial charge in [-0.1, -0.05) is 36.4 Å². The highest BCUT2D eigenvalue weighted by molar-refractivity contribution is 5.95. The third-order valence-electron chi connectivity index (χ3n) is 4.06. The second-order valence-corrected chi connectivity index (χ2v) is 5.78. The van der Waals surface area contributed by atoms with Gasteiger partial charge in [-0.3, -0.25) is 4.79 Å². The summed E-state index contributed by atoms with van der Waals surface area (Å²) in [4.78, 5) is 12.1. The maximum atomic E-state index is 12.1. The fourth-order valence-corrected chi connectivity index (χ4v) is 2.69. The fraction of sp³-hybridized carbons (Fsp3) is 0.143. The van der Waals surface area contributed by atoms with Crippen molar-refractivity contribution in [1.29, 1.82) is 0 Å².